The number of carbonyl (C=O) groups excluding carboxylic acids is 1. The lowest BCUT2D eigenvalue weighted by Gasteiger charge is -2.16. The molecule has 39 heavy (non-hydrogen) atoms. The molecule has 5 rings (SSSR count). The third kappa shape index (κ3) is 4.74. The van der Waals surface area contributed by atoms with E-state index in [2.05, 4.69) is 15.5 Å². The number of benzene rings is 2. The Balaban J connectivity index is 1.72. The number of aryl methyl sites for hydroxylation is 4. The van der Waals surface area contributed by atoms with Crippen LogP contribution < -0.4 is 15.6 Å². The van der Waals surface area contributed by atoms with Crippen molar-refractivity contribution in [2.24, 2.45) is 0 Å². The van der Waals surface area contributed by atoms with E-state index in [-0.39, 0.29) is 17.9 Å². The van der Waals surface area contributed by atoms with E-state index in [4.69, 9.17) is 9.26 Å². The first kappa shape index (κ1) is 25.7. The van der Waals surface area contributed by atoms with E-state index in [1.165, 1.54) is 4.57 Å². The van der Waals surface area contributed by atoms with Crippen molar-refractivity contribution in [2.75, 3.05) is 12.4 Å². The van der Waals surface area contributed by atoms with Gasteiger partial charge in [0.25, 0.3) is 11.5 Å². The molecule has 198 valence electrons. The van der Waals surface area contributed by atoms with Gasteiger partial charge in [0, 0.05) is 28.9 Å². The number of aromatic nitrogens is 3. The fourth-order valence-corrected chi connectivity index (χ4v) is 4.84. The molecule has 0 fully saturated rings. The van der Waals surface area contributed by atoms with Crippen molar-refractivity contribution in [1.82, 2.24) is 14.7 Å². The second kappa shape index (κ2) is 10.1. The van der Waals surface area contributed by atoms with E-state index in [1.807, 2.05) is 32.0 Å². The molecule has 0 bridgehead atoms. The molecule has 1 amide bonds. The van der Waals surface area contributed by atoms with Crippen molar-refractivity contribution in [1.29, 1.82) is 0 Å². The number of anilines is 1. The largest absolute Gasteiger partial charge is 0.507 e. The zero-order valence-corrected chi connectivity index (χ0v) is 22.3. The van der Waals surface area contributed by atoms with Gasteiger partial charge in [-0.25, -0.2) is 0 Å². The van der Waals surface area contributed by atoms with Crippen molar-refractivity contribution in [3.63, 3.8) is 0 Å². The number of fused-ring (bicyclic) bond motifs is 1. The zero-order valence-electron chi connectivity index (χ0n) is 22.3. The highest BCUT2D eigenvalue weighted by molar-refractivity contribution is 6.06. The average Bonchev–Trinajstić information content (AvgIpc) is 3.25. The number of phenolic OH excluding ortho intramolecular Hbond substituents is 1. The summed E-state index contributed by atoms with van der Waals surface area (Å²) in [6.07, 6.45) is 1.66. The monoisotopic (exact) mass is 524 g/mol. The Kier molecular flexibility index (Phi) is 6.66. The molecule has 9 heteroatoms. The fraction of sp³-hybridized carbons (Fsp3) is 0.200. The van der Waals surface area contributed by atoms with E-state index in [0.717, 1.165) is 11.1 Å². The van der Waals surface area contributed by atoms with Gasteiger partial charge in [0.1, 0.15) is 22.8 Å². The third-order valence-electron chi connectivity index (χ3n) is 6.76. The number of amides is 1. The van der Waals surface area contributed by atoms with Crippen LogP contribution in [0.4, 0.5) is 5.69 Å². The first-order chi connectivity index (χ1) is 18.7. The van der Waals surface area contributed by atoms with Crippen LogP contribution in [0.15, 0.2) is 64.0 Å². The number of phenols is 1. The van der Waals surface area contributed by atoms with Gasteiger partial charge in [-0.15, -0.1) is 0 Å². The van der Waals surface area contributed by atoms with E-state index in [1.54, 1.807) is 57.5 Å². The second-order valence-corrected chi connectivity index (χ2v) is 9.49. The van der Waals surface area contributed by atoms with Crippen molar-refractivity contribution < 1.29 is 19.2 Å². The summed E-state index contributed by atoms with van der Waals surface area (Å²) in [5.74, 6) is 0.773. The lowest BCUT2D eigenvalue weighted by atomic mass is 9.99. The Morgan fingerprint density at radius 2 is 1.82 bits per heavy atom. The highest BCUT2D eigenvalue weighted by atomic mass is 16.5. The summed E-state index contributed by atoms with van der Waals surface area (Å²) in [6, 6.07) is 14.0. The number of ether oxygens (including phenoxy) is 1. The van der Waals surface area contributed by atoms with Gasteiger partial charge >= 0.3 is 0 Å². The van der Waals surface area contributed by atoms with Gasteiger partial charge in [0.05, 0.1) is 36.1 Å². The van der Waals surface area contributed by atoms with E-state index >= 15 is 0 Å². The summed E-state index contributed by atoms with van der Waals surface area (Å²) in [5, 5.41) is 17.7. The average molecular weight is 525 g/mol. The van der Waals surface area contributed by atoms with Crippen LogP contribution >= 0.6 is 0 Å². The molecule has 0 radical (unpaired) electrons. The summed E-state index contributed by atoms with van der Waals surface area (Å²) in [6.45, 7) is 7.32. The number of rotatable bonds is 6. The molecule has 0 spiro atoms. The maximum absolute atomic E-state index is 13.8. The predicted octanol–water partition coefficient (Wildman–Crippen LogP) is 5.30. The Morgan fingerprint density at radius 1 is 1.08 bits per heavy atom. The first-order valence-electron chi connectivity index (χ1n) is 12.4. The second-order valence-electron chi connectivity index (χ2n) is 9.49. The van der Waals surface area contributed by atoms with Crippen LogP contribution in [0, 0.1) is 27.7 Å². The van der Waals surface area contributed by atoms with Crippen LogP contribution in [0.25, 0.3) is 22.0 Å². The first-order valence-corrected chi connectivity index (χ1v) is 12.4. The van der Waals surface area contributed by atoms with Gasteiger partial charge in [0.15, 0.2) is 0 Å². The van der Waals surface area contributed by atoms with Crippen molar-refractivity contribution >= 4 is 22.5 Å². The van der Waals surface area contributed by atoms with Gasteiger partial charge in [-0.2, -0.15) is 0 Å². The maximum Gasteiger partial charge on any atom is 0.264 e. The molecule has 3 heterocycles. The van der Waals surface area contributed by atoms with Crippen LogP contribution in [-0.2, 0) is 6.54 Å². The lowest BCUT2D eigenvalue weighted by molar-refractivity contribution is 0.102. The number of nitrogens with zero attached hydrogens (tertiary/aromatic N) is 3. The minimum absolute atomic E-state index is 0.0308. The van der Waals surface area contributed by atoms with Crippen LogP contribution in [0.2, 0.25) is 0 Å². The molecule has 0 aliphatic carbocycles. The summed E-state index contributed by atoms with van der Waals surface area (Å²) >= 11 is 0. The minimum Gasteiger partial charge on any atom is -0.507 e. The fourth-order valence-electron chi connectivity index (χ4n) is 4.84. The maximum atomic E-state index is 13.8. The molecule has 0 unspecified atom stereocenters. The highest BCUT2D eigenvalue weighted by Gasteiger charge is 2.22. The molecular weight excluding hydrogens is 496 g/mol. The van der Waals surface area contributed by atoms with Gasteiger partial charge in [-0.3, -0.25) is 14.6 Å². The van der Waals surface area contributed by atoms with Crippen LogP contribution in [0.3, 0.4) is 0 Å². The van der Waals surface area contributed by atoms with E-state index < -0.39 is 11.5 Å². The molecule has 2 N–H and O–H groups in total. The standard InChI is InChI=1S/C30H28N4O5/c1-16-10-22(11-17(2)28(16)35)32-29(36)24-13-20-12-23(27-18(3)33-39-19(27)4)26(38-5)14-25(20)34(30(24)37)15-21-8-6-7-9-31-21/h6-14,35H,15H2,1-5H3,(H,32,36). The van der Waals surface area contributed by atoms with Crippen LogP contribution in [0.1, 0.15) is 38.6 Å². The highest BCUT2D eigenvalue weighted by Crippen LogP contribution is 2.37. The molecule has 3 aromatic heterocycles. The molecule has 2 aromatic carbocycles. The van der Waals surface area contributed by atoms with Gasteiger partial charge in [0.2, 0.25) is 0 Å². The van der Waals surface area contributed by atoms with E-state index in [9.17, 15) is 14.7 Å². The third-order valence-corrected chi connectivity index (χ3v) is 6.76. The smallest absolute Gasteiger partial charge is 0.264 e. The van der Waals surface area contributed by atoms with Crippen molar-refractivity contribution in [2.45, 2.75) is 34.2 Å². The SMILES string of the molecule is COc1cc2c(cc1-c1c(C)noc1C)cc(C(=O)Nc1cc(C)c(O)c(C)c1)c(=O)n2Cc1ccccn1. The molecule has 0 aliphatic rings. The van der Waals surface area contributed by atoms with Crippen molar-refractivity contribution in [3.8, 4) is 22.6 Å². The Labute approximate surface area is 224 Å². The van der Waals surface area contributed by atoms with E-state index in [0.29, 0.717) is 50.6 Å². The normalized spacial score (nSPS) is 11.1. The van der Waals surface area contributed by atoms with Gasteiger partial charge < -0.3 is 24.3 Å². The minimum atomic E-state index is -0.559. The Morgan fingerprint density at radius 3 is 2.44 bits per heavy atom. The van der Waals surface area contributed by atoms with Gasteiger partial charge in [-0.1, -0.05) is 11.2 Å². The summed E-state index contributed by atoms with van der Waals surface area (Å²) in [4.78, 5) is 31.7. The number of carbonyl (C=O) groups is 1. The molecule has 5 aromatic rings. The number of pyridine rings is 2. The molecule has 0 saturated heterocycles. The number of nitrogens with one attached hydrogen (secondary N) is 1. The van der Waals surface area contributed by atoms with Gasteiger partial charge in [-0.05, 0) is 75.2 Å². The number of aromatic hydroxyl groups is 1. The summed E-state index contributed by atoms with van der Waals surface area (Å²) in [5.41, 5.74) is 4.69. The lowest BCUT2D eigenvalue weighted by Crippen LogP contribution is -2.30. The Hall–Kier alpha value is -4.92. The summed E-state index contributed by atoms with van der Waals surface area (Å²) in [7, 11) is 1.56. The molecule has 0 saturated carbocycles. The van der Waals surface area contributed by atoms with Crippen molar-refractivity contribution in [3.05, 3.63) is 98.9 Å². The predicted molar refractivity (Wildman–Crippen MR) is 149 cm³/mol. The molecule has 0 aliphatic heterocycles. The Bertz CT molecular complexity index is 1740. The number of hydrogen-bond acceptors (Lipinski definition) is 7. The molecule has 9 nitrogen and oxygen atoms in total. The number of methoxy groups -OCH3 is 1. The molecular formula is C30H28N4O5. The zero-order chi connectivity index (χ0) is 27.8. The number of hydrogen-bond donors (Lipinski definition) is 2. The quantitative estimate of drug-likeness (QED) is 0.289. The molecule has 0 atom stereocenters. The van der Waals surface area contributed by atoms with Crippen LogP contribution in [0.5, 0.6) is 11.5 Å². The summed E-state index contributed by atoms with van der Waals surface area (Å²) < 4.78 is 12.6. The topological polar surface area (TPSA) is 119 Å². The van der Waals surface area contributed by atoms with Crippen LogP contribution in [-0.4, -0.2) is 32.8 Å².